The molecule has 0 fully saturated rings. The number of nitrogen functional groups attached to an aromatic ring is 1. The molecule has 1 unspecified atom stereocenters. The molecule has 30 heavy (non-hydrogen) atoms. The van der Waals surface area contributed by atoms with Gasteiger partial charge in [0.05, 0.1) is 5.25 Å². The Bertz CT molecular complexity index is 977. The summed E-state index contributed by atoms with van der Waals surface area (Å²) in [7, 11) is 0. The number of hydrogen-bond acceptors (Lipinski definition) is 5. The highest BCUT2D eigenvalue weighted by atomic mass is 32.2. The maximum Gasteiger partial charge on any atom is 0.233 e. The molecule has 0 aliphatic carbocycles. The van der Waals surface area contributed by atoms with Crippen LogP contribution in [0.1, 0.15) is 38.8 Å². The monoisotopic (exact) mass is 423 g/mol. The summed E-state index contributed by atoms with van der Waals surface area (Å²) in [6.45, 7) is 8.96. The third-order valence-corrected chi connectivity index (χ3v) is 5.94. The van der Waals surface area contributed by atoms with Crippen molar-refractivity contribution in [3.05, 3.63) is 65.7 Å². The van der Waals surface area contributed by atoms with Crippen LogP contribution in [0, 0.1) is 0 Å². The molecule has 1 aromatic heterocycles. The van der Waals surface area contributed by atoms with E-state index in [0.717, 1.165) is 12.0 Å². The van der Waals surface area contributed by atoms with E-state index < -0.39 is 0 Å². The Kier molecular flexibility index (Phi) is 6.82. The van der Waals surface area contributed by atoms with Gasteiger partial charge in [-0.25, -0.2) is 4.68 Å². The lowest BCUT2D eigenvalue weighted by molar-refractivity contribution is -0.120. The maximum absolute atomic E-state index is 12.4. The van der Waals surface area contributed by atoms with Crippen LogP contribution in [-0.2, 0) is 16.6 Å². The van der Waals surface area contributed by atoms with Crippen molar-refractivity contribution >= 4 is 17.7 Å². The summed E-state index contributed by atoms with van der Waals surface area (Å²) in [5.41, 5.74) is 3.41. The number of rotatable bonds is 7. The number of nitrogens with two attached hydrogens (primary N) is 1. The molecule has 0 aliphatic heterocycles. The zero-order valence-corrected chi connectivity index (χ0v) is 18.7. The van der Waals surface area contributed by atoms with Crippen molar-refractivity contribution in [2.75, 3.05) is 12.4 Å². The smallest absolute Gasteiger partial charge is 0.233 e. The summed E-state index contributed by atoms with van der Waals surface area (Å²) in [6, 6.07) is 18.3. The summed E-state index contributed by atoms with van der Waals surface area (Å²) in [5.74, 6) is 6.75. The molecule has 2 aromatic carbocycles. The molecule has 1 heterocycles. The van der Waals surface area contributed by atoms with Crippen LogP contribution in [0.3, 0.4) is 0 Å². The summed E-state index contributed by atoms with van der Waals surface area (Å²) >= 11 is 1.30. The Balaban J connectivity index is 1.59. The quantitative estimate of drug-likeness (QED) is 0.446. The SMILES string of the molecule is CC(Sc1nnc(-c2ccc(C(C)(C)C)cc2)n1N)C(=O)NCCc1ccccc1. The van der Waals surface area contributed by atoms with Crippen molar-refractivity contribution in [2.45, 2.75) is 49.9 Å². The minimum atomic E-state index is -0.330. The van der Waals surface area contributed by atoms with Crippen molar-refractivity contribution in [1.82, 2.24) is 20.2 Å². The second kappa shape index (κ2) is 9.34. The van der Waals surface area contributed by atoms with Crippen molar-refractivity contribution in [3.8, 4) is 11.4 Å². The van der Waals surface area contributed by atoms with E-state index in [0.29, 0.717) is 17.5 Å². The molecule has 0 aliphatic rings. The Morgan fingerprint density at radius 1 is 1.10 bits per heavy atom. The highest BCUT2D eigenvalue weighted by Gasteiger charge is 2.20. The average molecular weight is 424 g/mol. The molecule has 0 spiro atoms. The van der Waals surface area contributed by atoms with Crippen LogP contribution >= 0.6 is 11.8 Å². The van der Waals surface area contributed by atoms with Gasteiger partial charge in [0, 0.05) is 12.1 Å². The van der Waals surface area contributed by atoms with Crippen LogP contribution in [-0.4, -0.2) is 32.6 Å². The van der Waals surface area contributed by atoms with Crippen LogP contribution in [0.5, 0.6) is 0 Å². The molecular formula is C23H29N5OS. The molecule has 0 radical (unpaired) electrons. The number of amides is 1. The molecule has 3 N–H and O–H groups in total. The highest BCUT2D eigenvalue weighted by molar-refractivity contribution is 8.00. The first-order valence-corrected chi connectivity index (χ1v) is 10.9. The highest BCUT2D eigenvalue weighted by Crippen LogP contribution is 2.27. The number of carbonyl (C=O) groups is 1. The van der Waals surface area contributed by atoms with Gasteiger partial charge in [-0.2, -0.15) is 0 Å². The molecule has 3 aromatic rings. The van der Waals surface area contributed by atoms with Gasteiger partial charge in [0.1, 0.15) is 0 Å². The van der Waals surface area contributed by atoms with Gasteiger partial charge in [0.2, 0.25) is 11.1 Å². The fraction of sp³-hybridized carbons (Fsp3) is 0.348. The summed E-state index contributed by atoms with van der Waals surface area (Å²) < 4.78 is 1.45. The number of benzene rings is 2. The molecular weight excluding hydrogens is 394 g/mol. The lowest BCUT2D eigenvalue weighted by Crippen LogP contribution is -2.32. The number of hydrogen-bond donors (Lipinski definition) is 2. The number of aromatic nitrogens is 3. The molecule has 3 rings (SSSR count). The predicted molar refractivity (Wildman–Crippen MR) is 123 cm³/mol. The van der Waals surface area contributed by atoms with Crippen LogP contribution in [0.25, 0.3) is 11.4 Å². The molecule has 7 heteroatoms. The molecule has 158 valence electrons. The predicted octanol–water partition coefficient (Wildman–Crippen LogP) is 3.80. The zero-order chi connectivity index (χ0) is 21.7. The van der Waals surface area contributed by atoms with E-state index in [1.54, 1.807) is 0 Å². The van der Waals surface area contributed by atoms with E-state index in [9.17, 15) is 4.79 Å². The van der Waals surface area contributed by atoms with E-state index in [1.807, 2.05) is 37.3 Å². The van der Waals surface area contributed by atoms with Gasteiger partial charge in [-0.1, -0.05) is 87.1 Å². The molecule has 0 saturated carbocycles. The normalized spacial score (nSPS) is 12.5. The third-order valence-electron chi connectivity index (χ3n) is 4.88. The molecule has 0 saturated heterocycles. The van der Waals surface area contributed by atoms with E-state index >= 15 is 0 Å². The van der Waals surface area contributed by atoms with Crippen LogP contribution in [0.15, 0.2) is 59.8 Å². The van der Waals surface area contributed by atoms with Crippen molar-refractivity contribution in [3.63, 3.8) is 0 Å². The lowest BCUT2D eigenvalue weighted by Gasteiger charge is -2.19. The van der Waals surface area contributed by atoms with Crippen LogP contribution in [0.2, 0.25) is 0 Å². The van der Waals surface area contributed by atoms with Gasteiger partial charge in [-0.15, -0.1) is 10.2 Å². The van der Waals surface area contributed by atoms with Gasteiger partial charge < -0.3 is 11.2 Å². The van der Waals surface area contributed by atoms with E-state index in [4.69, 9.17) is 5.84 Å². The Morgan fingerprint density at radius 2 is 1.77 bits per heavy atom. The zero-order valence-electron chi connectivity index (χ0n) is 17.9. The van der Waals surface area contributed by atoms with Gasteiger partial charge >= 0.3 is 0 Å². The average Bonchev–Trinajstić information content (AvgIpc) is 3.08. The standard InChI is InChI=1S/C23H29N5OS/c1-16(21(29)25-15-14-17-8-6-5-7-9-17)30-22-27-26-20(28(22)24)18-10-12-19(13-11-18)23(2,3)4/h5-13,16H,14-15,24H2,1-4H3,(H,25,29). The largest absolute Gasteiger partial charge is 0.355 e. The summed E-state index contributed by atoms with van der Waals surface area (Å²) in [4.78, 5) is 12.4. The Labute approximate surface area is 182 Å². The Hall–Kier alpha value is -2.80. The second-order valence-corrected chi connectivity index (χ2v) is 9.60. The number of nitrogens with one attached hydrogen (secondary N) is 1. The number of nitrogens with zero attached hydrogens (tertiary/aromatic N) is 3. The fourth-order valence-electron chi connectivity index (χ4n) is 3.00. The fourth-order valence-corrected chi connectivity index (χ4v) is 3.80. The first-order valence-electron chi connectivity index (χ1n) is 10.1. The first-order chi connectivity index (χ1) is 14.3. The topological polar surface area (TPSA) is 85.8 Å². The van der Waals surface area contributed by atoms with Gasteiger partial charge in [0.25, 0.3) is 0 Å². The summed E-state index contributed by atoms with van der Waals surface area (Å²) in [6.07, 6.45) is 0.797. The van der Waals surface area contributed by atoms with Gasteiger partial charge in [0.15, 0.2) is 5.82 Å². The van der Waals surface area contributed by atoms with Crippen molar-refractivity contribution in [1.29, 1.82) is 0 Å². The van der Waals surface area contributed by atoms with Crippen molar-refractivity contribution < 1.29 is 4.79 Å². The molecule has 1 atom stereocenters. The lowest BCUT2D eigenvalue weighted by atomic mass is 9.87. The maximum atomic E-state index is 12.4. The van der Waals surface area contributed by atoms with E-state index in [-0.39, 0.29) is 16.6 Å². The minimum Gasteiger partial charge on any atom is -0.355 e. The van der Waals surface area contributed by atoms with Gasteiger partial charge in [-0.05, 0) is 29.9 Å². The van der Waals surface area contributed by atoms with Crippen LogP contribution in [0.4, 0.5) is 0 Å². The molecule has 6 nitrogen and oxygen atoms in total. The molecule has 1 amide bonds. The molecule has 0 bridgehead atoms. The van der Waals surface area contributed by atoms with Gasteiger partial charge in [-0.3, -0.25) is 4.79 Å². The summed E-state index contributed by atoms with van der Waals surface area (Å²) in [5, 5.41) is 11.6. The number of thioether (sulfide) groups is 1. The first kappa shape index (κ1) is 21.9. The third kappa shape index (κ3) is 5.42. The Morgan fingerprint density at radius 3 is 2.40 bits per heavy atom. The van der Waals surface area contributed by atoms with Crippen molar-refractivity contribution in [2.24, 2.45) is 0 Å². The van der Waals surface area contributed by atoms with E-state index in [1.165, 1.54) is 27.6 Å². The van der Waals surface area contributed by atoms with E-state index in [2.05, 4.69) is 60.6 Å². The van der Waals surface area contributed by atoms with Crippen LogP contribution < -0.4 is 11.2 Å². The second-order valence-electron chi connectivity index (χ2n) is 8.29. The number of carbonyl (C=O) groups excluding carboxylic acids is 1. The minimum absolute atomic E-state index is 0.0463.